The molecule has 0 unspecified atom stereocenters. The van der Waals surface area contributed by atoms with Gasteiger partial charge in [-0.3, -0.25) is 0 Å². The number of aliphatic hydroxyl groups excluding tert-OH is 1. The van der Waals surface area contributed by atoms with Crippen molar-refractivity contribution in [2.45, 2.75) is 26.2 Å². The fraction of sp³-hybridized carbons (Fsp3) is 0.385. The number of benzene rings is 1. The quantitative estimate of drug-likeness (QED) is 0.809. The van der Waals surface area contributed by atoms with Gasteiger partial charge in [0.25, 0.3) is 0 Å². The molecule has 0 bridgehead atoms. The van der Waals surface area contributed by atoms with E-state index in [0.29, 0.717) is 0 Å². The van der Waals surface area contributed by atoms with Crippen LogP contribution in [0.25, 0.3) is 0 Å². The Hall–Kier alpha value is -0.680. The third-order valence-electron chi connectivity index (χ3n) is 1.84. The first-order chi connectivity index (χ1) is 7.75. The molecule has 1 aromatic carbocycles. The van der Waals surface area contributed by atoms with Crippen LogP contribution in [0.3, 0.4) is 0 Å². The summed E-state index contributed by atoms with van der Waals surface area (Å²) in [7, 11) is 1.00. The van der Waals surface area contributed by atoms with E-state index in [9.17, 15) is 0 Å². The zero-order chi connectivity index (χ0) is 13.0. The molecule has 16 heavy (non-hydrogen) atoms. The average Bonchev–Trinajstić information content (AvgIpc) is 2.34. The molecule has 0 radical (unpaired) electrons. The molecule has 0 fully saturated rings. The van der Waals surface area contributed by atoms with Crippen LogP contribution in [-0.4, -0.2) is 12.2 Å². The van der Waals surface area contributed by atoms with Crippen LogP contribution in [0.2, 0.25) is 10.0 Å². The second-order valence-electron chi connectivity index (χ2n) is 2.80. The fourth-order valence-corrected chi connectivity index (χ4v) is 1.71. The normalized spacial score (nSPS) is 8.19. The van der Waals surface area contributed by atoms with Gasteiger partial charge in [0.05, 0.1) is 0 Å². The van der Waals surface area contributed by atoms with Crippen molar-refractivity contribution < 1.29 is 5.11 Å². The molecule has 0 aliphatic carbocycles. The molecule has 0 amide bonds. The molecule has 0 heterocycles. The number of hydrogen-bond acceptors (Lipinski definition) is 1. The van der Waals surface area contributed by atoms with Gasteiger partial charge < -0.3 is 5.11 Å². The molecule has 90 valence electrons. The van der Waals surface area contributed by atoms with Gasteiger partial charge in [-0.2, -0.15) is 0 Å². The van der Waals surface area contributed by atoms with Gasteiger partial charge >= 0.3 is 0 Å². The van der Waals surface area contributed by atoms with Crippen molar-refractivity contribution in [1.82, 2.24) is 0 Å². The molecule has 0 atom stereocenters. The molecule has 1 rings (SSSR count). The van der Waals surface area contributed by atoms with Crippen LogP contribution in [0.4, 0.5) is 0 Å². The zero-order valence-corrected chi connectivity index (χ0v) is 11.2. The molecular formula is C13H18Cl2O. The van der Waals surface area contributed by atoms with Crippen molar-refractivity contribution in [2.24, 2.45) is 0 Å². The number of rotatable bonds is 3. The largest absolute Gasteiger partial charge is 0.400 e. The van der Waals surface area contributed by atoms with Crippen LogP contribution in [0.5, 0.6) is 0 Å². The van der Waals surface area contributed by atoms with E-state index in [-0.39, 0.29) is 0 Å². The first kappa shape index (κ1) is 17.7. The van der Waals surface area contributed by atoms with Gasteiger partial charge in [0.15, 0.2) is 0 Å². The summed E-state index contributed by atoms with van der Waals surface area (Å²) < 4.78 is 0. The maximum atomic E-state index is 7.00. The molecule has 1 N–H and O–H groups in total. The Morgan fingerprint density at radius 2 is 1.56 bits per heavy atom. The molecule has 0 aliphatic rings. The lowest BCUT2D eigenvalue weighted by molar-refractivity contribution is 0.399. The Morgan fingerprint density at radius 3 is 1.94 bits per heavy atom. The standard InChI is InChI=1S/C10H12Cl2.C2H2.CH4O/c1-2-3-5-8-9(11)6-4-7-10(8)12;2*1-2/h4,6-7H,2-3,5H2,1H3;1-2H;2H,1H3. The van der Waals surface area contributed by atoms with Crippen molar-refractivity contribution in [1.29, 1.82) is 0 Å². The molecular weight excluding hydrogens is 243 g/mol. The summed E-state index contributed by atoms with van der Waals surface area (Å²) in [6.07, 6.45) is 11.3. The van der Waals surface area contributed by atoms with E-state index in [4.69, 9.17) is 28.3 Å². The molecule has 1 aromatic rings. The molecule has 0 spiro atoms. The van der Waals surface area contributed by atoms with Crippen LogP contribution < -0.4 is 0 Å². The Morgan fingerprint density at radius 1 is 1.12 bits per heavy atom. The summed E-state index contributed by atoms with van der Waals surface area (Å²) in [6.45, 7) is 2.16. The lowest BCUT2D eigenvalue weighted by Crippen LogP contribution is -1.87. The fourth-order valence-electron chi connectivity index (χ4n) is 1.12. The minimum atomic E-state index is 0.788. The molecule has 0 saturated carbocycles. The third-order valence-corrected chi connectivity index (χ3v) is 2.55. The van der Waals surface area contributed by atoms with Crippen LogP contribution in [0.15, 0.2) is 18.2 Å². The highest BCUT2D eigenvalue weighted by atomic mass is 35.5. The highest BCUT2D eigenvalue weighted by molar-refractivity contribution is 6.35. The number of unbranched alkanes of at least 4 members (excludes halogenated alkanes) is 1. The van der Waals surface area contributed by atoms with Crippen molar-refractivity contribution >= 4 is 23.2 Å². The Bertz CT molecular complexity index is 275. The number of halogens is 2. The van der Waals surface area contributed by atoms with E-state index in [2.05, 4.69) is 19.8 Å². The minimum Gasteiger partial charge on any atom is -0.400 e. The third kappa shape index (κ3) is 6.74. The van der Waals surface area contributed by atoms with Crippen LogP contribution in [0.1, 0.15) is 25.3 Å². The van der Waals surface area contributed by atoms with Gasteiger partial charge in [-0.15, -0.1) is 12.8 Å². The van der Waals surface area contributed by atoms with Crippen LogP contribution in [0, 0.1) is 12.8 Å². The van der Waals surface area contributed by atoms with Gasteiger partial charge in [-0.1, -0.05) is 42.6 Å². The van der Waals surface area contributed by atoms with Gasteiger partial charge in [-0.25, -0.2) is 0 Å². The molecule has 0 saturated heterocycles. The monoisotopic (exact) mass is 260 g/mol. The Kier molecular flexibility index (Phi) is 13.7. The van der Waals surface area contributed by atoms with Crippen molar-refractivity contribution in [3.63, 3.8) is 0 Å². The van der Waals surface area contributed by atoms with E-state index in [1.165, 1.54) is 6.42 Å². The van der Waals surface area contributed by atoms with Gasteiger partial charge in [0, 0.05) is 17.2 Å². The predicted octanol–water partition coefficient (Wildman–Crippen LogP) is 4.19. The summed E-state index contributed by atoms with van der Waals surface area (Å²) in [5, 5.41) is 8.58. The van der Waals surface area contributed by atoms with Crippen molar-refractivity contribution in [2.75, 3.05) is 7.11 Å². The van der Waals surface area contributed by atoms with E-state index >= 15 is 0 Å². The second kappa shape index (κ2) is 12.4. The van der Waals surface area contributed by atoms with Gasteiger partial charge in [0.2, 0.25) is 0 Å². The SMILES string of the molecule is C#C.CCCCc1c(Cl)cccc1Cl.CO. The predicted molar refractivity (Wildman–Crippen MR) is 73.1 cm³/mol. The number of hydrogen-bond donors (Lipinski definition) is 1. The maximum Gasteiger partial charge on any atom is 0.0452 e. The molecule has 1 nitrogen and oxygen atoms in total. The lowest BCUT2D eigenvalue weighted by atomic mass is 10.1. The summed E-state index contributed by atoms with van der Waals surface area (Å²) in [4.78, 5) is 0. The zero-order valence-electron chi connectivity index (χ0n) is 9.71. The van der Waals surface area contributed by atoms with E-state index in [0.717, 1.165) is 35.6 Å². The Balaban J connectivity index is 0. The first-order valence-corrected chi connectivity index (χ1v) is 5.72. The molecule has 0 aliphatic heterocycles. The smallest absolute Gasteiger partial charge is 0.0452 e. The number of terminal acetylenes is 1. The highest BCUT2D eigenvalue weighted by Crippen LogP contribution is 2.25. The maximum absolute atomic E-state index is 7.00. The first-order valence-electron chi connectivity index (χ1n) is 4.96. The van der Waals surface area contributed by atoms with E-state index in [1.54, 1.807) is 0 Å². The second-order valence-corrected chi connectivity index (χ2v) is 3.62. The van der Waals surface area contributed by atoms with Crippen LogP contribution in [-0.2, 0) is 6.42 Å². The van der Waals surface area contributed by atoms with Crippen LogP contribution >= 0.6 is 23.2 Å². The molecule has 0 aromatic heterocycles. The summed E-state index contributed by atoms with van der Waals surface area (Å²) in [5.41, 5.74) is 1.09. The highest BCUT2D eigenvalue weighted by Gasteiger charge is 2.03. The summed E-state index contributed by atoms with van der Waals surface area (Å²) in [6, 6.07) is 5.65. The summed E-state index contributed by atoms with van der Waals surface area (Å²) >= 11 is 12.0. The van der Waals surface area contributed by atoms with Crippen molar-refractivity contribution in [3.05, 3.63) is 33.8 Å². The molecule has 3 heteroatoms. The number of aliphatic hydroxyl groups is 1. The van der Waals surface area contributed by atoms with Gasteiger partial charge in [-0.05, 0) is 30.5 Å². The van der Waals surface area contributed by atoms with E-state index in [1.807, 2.05) is 18.2 Å². The van der Waals surface area contributed by atoms with Crippen molar-refractivity contribution in [3.8, 4) is 12.8 Å². The lowest BCUT2D eigenvalue weighted by Gasteiger charge is -2.04. The summed E-state index contributed by atoms with van der Waals surface area (Å²) in [5.74, 6) is 0. The van der Waals surface area contributed by atoms with Gasteiger partial charge in [0.1, 0.15) is 0 Å². The minimum absolute atomic E-state index is 0.788. The average molecular weight is 261 g/mol. The topological polar surface area (TPSA) is 20.2 Å². The Labute approximate surface area is 108 Å². The van der Waals surface area contributed by atoms with E-state index < -0.39 is 0 Å².